The van der Waals surface area contributed by atoms with Crippen molar-refractivity contribution in [3.63, 3.8) is 0 Å². The van der Waals surface area contributed by atoms with E-state index in [4.69, 9.17) is 4.74 Å². The highest BCUT2D eigenvalue weighted by Gasteiger charge is 2.45. The molecule has 4 N–H and O–H groups in total. The number of pyridine rings is 1. The number of benzene rings is 3. The van der Waals surface area contributed by atoms with Crippen LogP contribution < -0.4 is 15.4 Å². The zero-order valence-electron chi connectivity index (χ0n) is 36.7. The molecule has 13 nitrogen and oxygen atoms in total. The number of urea groups is 1. The van der Waals surface area contributed by atoms with Crippen LogP contribution in [0.15, 0.2) is 103 Å². The van der Waals surface area contributed by atoms with Crippen LogP contribution in [0.25, 0.3) is 11.3 Å². The molecule has 1 saturated heterocycles. The highest BCUT2D eigenvalue weighted by molar-refractivity contribution is 5.89. The fourth-order valence-corrected chi connectivity index (χ4v) is 8.18. The van der Waals surface area contributed by atoms with Gasteiger partial charge >= 0.3 is 12.1 Å². The second-order valence-electron chi connectivity index (χ2n) is 18.1. The van der Waals surface area contributed by atoms with Gasteiger partial charge < -0.3 is 35.4 Å². The number of nitrogens with one attached hydrogen (secondary N) is 2. The second-order valence-corrected chi connectivity index (χ2v) is 18.1. The van der Waals surface area contributed by atoms with E-state index in [0.29, 0.717) is 31.9 Å². The Morgan fingerprint density at radius 1 is 0.770 bits per heavy atom. The SMILES string of the molecule is COc1cccc(-c2ccc(C[C@@H](C[C@H](O)[C@H](Cc3ccccc3)NC(=O)[C@@H](N3CCN(Cc4ccccc4)C3=O)C(C)(C)C)NC(=O)[C@@H](N(C)C(=O)O)C(C)(C)C)cc2)n1. The lowest BCUT2D eigenvalue weighted by atomic mass is 9.84. The van der Waals surface area contributed by atoms with E-state index < -0.39 is 53.1 Å². The van der Waals surface area contributed by atoms with Crippen molar-refractivity contribution in [1.29, 1.82) is 0 Å². The Kier molecular flexibility index (Phi) is 15.2. The van der Waals surface area contributed by atoms with Gasteiger partial charge in [-0.3, -0.25) is 14.5 Å². The summed E-state index contributed by atoms with van der Waals surface area (Å²) in [5.41, 5.74) is 2.89. The average molecular weight is 835 g/mol. The zero-order chi connectivity index (χ0) is 44.5. The van der Waals surface area contributed by atoms with Crippen LogP contribution in [0.3, 0.4) is 0 Å². The molecule has 2 heterocycles. The summed E-state index contributed by atoms with van der Waals surface area (Å²) in [5.74, 6) is -0.405. The highest BCUT2D eigenvalue weighted by atomic mass is 16.5. The van der Waals surface area contributed by atoms with Crippen molar-refractivity contribution in [3.8, 4) is 17.1 Å². The average Bonchev–Trinajstić information content (AvgIpc) is 3.55. The van der Waals surface area contributed by atoms with Gasteiger partial charge in [0.15, 0.2) is 0 Å². The fourth-order valence-electron chi connectivity index (χ4n) is 8.18. The molecule has 326 valence electrons. The number of carbonyl (C=O) groups excluding carboxylic acids is 3. The van der Waals surface area contributed by atoms with Crippen molar-refractivity contribution >= 4 is 23.9 Å². The van der Waals surface area contributed by atoms with Crippen LogP contribution in [0.5, 0.6) is 5.88 Å². The molecule has 0 spiro atoms. The molecule has 3 aromatic carbocycles. The molecule has 0 aliphatic carbocycles. The molecule has 5 atom stereocenters. The number of likely N-dealkylation sites (N-methyl/N-ethyl adjacent to an activating group) is 1. The molecule has 5 rings (SSSR count). The lowest BCUT2D eigenvalue weighted by Gasteiger charge is -2.38. The minimum absolute atomic E-state index is 0.0179. The largest absolute Gasteiger partial charge is 0.481 e. The van der Waals surface area contributed by atoms with E-state index in [9.17, 15) is 29.4 Å². The van der Waals surface area contributed by atoms with Gasteiger partial charge in [-0.1, -0.05) is 133 Å². The molecular weight excluding hydrogens is 773 g/mol. The maximum atomic E-state index is 14.6. The van der Waals surface area contributed by atoms with Crippen molar-refractivity contribution in [2.75, 3.05) is 27.2 Å². The number of ether oxygens (including phenoxy) is 1. The van der Waals surface area contributed by atoms with Gasteiger partial charge in [0.05, 0.1) is 24.9 Å². The molecule has 61 heavy (non-hydrogen) atoms. The van der Waals surface area contributed by atoms with E-state index >= 15 is 0 Å². The van der Waals surface area contributed by atoms with Gasteiger partial charge in [-0.2, -0.15) is 0 Å². The molecule has 1 aliphatic rings. The summed E-state index contributed by atoms with van der Waals surface area (Å²) >= 11 is 0. The topological polar surface area (TPSA) is 165 Å². The van der Waals surface area contributed by atoms with Gasteiger partial charge in [-0.15, -0.1) is 0 Å². The van der Waals surface area contributed by atoms with E-state index in [1.54, 1.807) is 43.7 Å². The van der Waals surface area contributed by atoms with Gasteiger partial charge in [-0.25, -0.2) is 14.6 Å². The number of hydrogen-bond donors (Lipinski definition) is 4. The van der Waals surface area contributed by atoms with Crippen molar-refractivity contribution in [2.24, 2.45) is 10.8 Å². The van der Waals surface area contributed by atoms with Crippen molar-refractivity contribution in [2.45, 2.75) is 97.6 Å². The van der Waals surface area contributed by atoms with Crippen LogP contribution in [-0.4, -0.2) is 111 Å². The Hall–Kier alpha value is -5.95. The number of aromatic nitrogens is 1. The summed E-state index contributed by atoms with van der Waals surface area (Å²) in [6.07, 6.45) is -1.84. The van der Waals surface area contributed by atoms with E-state index in [2.05, 4.69) is 15.6 Å². The highest BCUT2D eigenvalue weighted by Crippen LogP contribution is 2.30. The molecular formula is C48H62N6O7. The predicted molar refractivity (Wildman–Crippen MR) is 236 cm³/mol. The normalized spacial score (nSPS) is 15.7. The molecule has 5 amide bonds. The molecule has 1 aromatic heterocycles. The Morgan fingerprint density at radius 2 is 1.38 bits per heavy atom. The third-order valence-electron chi connectivity index (χ3n) is 11.1. The Labute approximate surface area is 360 Å². The minimum atomic E-state index is -1.24. The fraction of sp³-hybridized carbons (Fsp3) is 0.438. The summed E-state index contributed by atoms with van der Waals surface area (Å²) in [7, 11) is 2.93. The minimum Gasteiger partial charge on any atom is -0.481 e. The number of nitrogens with zero attached hydrogens (tertiary/aromatic N) is 4. The van der Waals surface area contributed by atoms with Crippen LogP contribution in [0.4, 0.5) is 9.59 Å². The number of carboxylic acid groups (broad SMARTS) is 1. The zero-order valence-corrected chi connectivity index (χ0v) is 36.7. The molecule has 0 saturated carbocycles. The lowest BCUT2D eigenvalue weighted by molar-refractivity contribution is -0.131. The predicted octanol–water partition coefficient (Wildman–Crippen LogP) is 6.64. The van der Waals surface area contributed by atoms with E-state index in [0.717, 1.165) is 32.8 Å². The summed E-state index contributed by atoms with van der Waals surface area (Å²) in [4.78, 5) is 63.7. The summed E-state index contributed by atoms with van der Waals surface area (Å²) in [6.45, 7) is 12.4. The summed E-state index contributed by atoms with van der Waals surface area (Å²) < 4.78 is 5.31. The summed E-state index contributed by atoms with van der Waals surface area (Å²) in [5, 5.41) is 28.4. The quantitative estimate of drug-likeness (QED) is 0.0920. The number of rotatable bonds is 17. The van der Waals surface area contributed by atoms with Gasteiger partial charge in [0.25, 0.3) is 0 Å². The Balaban J connectivity index is 1.43. The van der Waals surface area contributed by atoms with Gasteiger partial charge in [-0.05, 0) is 52.8 Å². The second kappa shape index (κ2) is 20.1. The first kappa shape index (κ1) is 46.1. The van der Waals surface area contributed by atoms with E-state index in [1.165, 1.54) is 7.05 Å². The molecule has 13 heteroatoms. The third-order valence-corrected chi connectivity index (χ3v) is 11.1. The van der Waals surface area contributed by atoms with Crippen LogP contribution in [0.1, 0.15) is 64.7 Å². The number of aliphatic hydroxyl groups excluding tert-OH is 1. The van der Waals surface area contributed by atoms with E-state index in [1.807, 2.05) is 118 Å². The third kappa shape index (κ3) is 12.3. The first-order valence-corrected chi connectivity index (χ1v) is 20.8. The Morgan fingerprint density at radius 3 is 1.95 bits per heavy atom. The number of methoxy groups -OCH3 is 1. The first-order valence-electron chi connectivity index (χ1n) is 20.8. The van der Waals surface area contributed by atoms with Gasteiger partial charge in [0.1, 0.15) is 12.1 Å². The molecule has 1 aliphatic heterocycles. The van der Waals surface area contributed by atoms with E-state index in [-0.39, 0.29) is 24.8 Å². The molecule has 0 bridgehead atoms. The standard InChI is InChI=1S/C48H62N6O7/c1-47(2,3)41(52(7)46(59)60)43(56)49-36(28-33-22-24-35(25-23-33)37-20-15-21-40(50-37)61-8)30-39(55)38(29-32-16-11-9-12-17-32)51-44(57)42(48(4,5)6)54-27-26-53(45(54)58)31-34-18-13-10-14-19-34/h9-25,36,38-39,41-42,55H,26-31H2,1-8H3,(H,49,56)(H,51,57)(H,59,60)/t36-,38-,39-,41+,42+/m0/s1. The Bertz CT molecular complexity index is 2090. The maximum Gasteiger partial charge on any atom is 0.407 e. The number of aliphatic hydroxyl groups is 1. The smallest absolute Gasteiger partial charge is 0.407 e. The van der Waals surface area contributed by atoms with Crippen molar-refractivity contribution < 1.29 is 34.1 Å². The molecule has 0 unspecified atom stereocenters. The van der Waals surface area contributed by atoms with Crippen molar-refractivity contribution in [1.82, 2.24) is 30.3 Å². The van der Waals surface area contributed by atoms with Crippen LogP contribution in [-0.2, 0) is 29.0 Å². The number of carbonyl (C=O) groups is 4. The molecule has 1 fully saturated rings. The number of amides is 5. The van der Waals surface area contributed by atoms with Crippen LogP contribution >= 0.6 is 0 Å². The van der Waals surface area contributed by atoms with Gasteiger partial charge in [0, 0.05) is 44.4 Å². The van der Waals surface area contributed by atoms with Gasteiger partial charge in [0.2, 0.25) is 17.7 Å². The van der Waals surface area contributed by atoms with Crippen molar-refractivity contribution in [3.05, 3.63) is 120 Å². The molecule has 4 aromatic rings. The monoisotopic (exact) mass is 834 g/mol. The lowest BCUT2D eigenvalue weighted by Crippen LogP contribution is -2.59. The van der Waals surface area contributed by atoms with Crippen LogP contribution in [0.2, 0.25) is 0 Å². The van der Waals surface area contributed by atoms with Crippen LogP contribution in [0, 0.1) is 10.8 Å². The molecule has 0 radical (unpaired) electrons. The maximum absolute atomic E-state index is 14.6. The number of hydrogen-bond acceptors (Lipinski definition) is 7. The first-order chi connectivity index (χ1) is 28.8. The summed E-state index contributed by atoms with van der Waals surface area (Å²) in [6, 6.07) is 28.9.